The van der Waals surface area contributed by atoms with E-state index in [0.29, 0.717) is 10.4 Å². The molecule has 0 aliphatic rings. The van der Waals surface area contributed by atoms with Crippen LogP contribution in [0.2, 0.25) is 0 Å². The number of esters is 1. The molecule has 0 radical (unpaired) electrons. The second kappa shape index (κ2) is 11.7. The van der Waals surface area contributed by atoms with Crippen LogP contribution in [0.5, 0.6) is 0 Å². The molecular formula is C23H24F3N3O6S. The van der Waals surface area contributed by atoms with Gasteiger partial charge < -0.3 is 10.1 Å². The summed E-state index contributed by atoms with van der Waals surface area (Å²) in [7, 11) is -4.45. The highest BCUT2D eigenvalue weighted by atomic mass is 32.2. The van der Waals surface area contributed by atoms with Crippen molar-refractivity contribution in [3.8, 4) is 0 Å². The van der Waals surface area contributed by atoms with Gasteiger partial charge in [0.15, 0.2) is 6.10 Å². The Bertz CT molecular complexity index is 1250. The minimum Gasteiger partial charge on any atom is -0.449 e. The molecule has 2 rings (SSSR count). The Kier molecular flexibility index (Phi) is 9.23. The summed E-state index contributed by atoms with van der Waals surface area (Å²) >= 11 is 0. The highest BCUT2D eigenvalue weighted by Crippen LogP contribution is 2.33. The van der Waals surface area contributed by atoms with E-state index >= 15 is 0 Å². The molecule has 1 atom stereocenters. The van der Waals surface area contributed by atoms with Gasteiger partial charge in [0.25, 0.3) is 15.9 Å². The second-order valence-electron chi connectivity index (χ2n) is 7.30. The summed E-state index contributed by atoms with van der Waals surface area (Å²) in [5, 5.41) is 4.31. The van der Waals surface area contributed by atoms with Gasteiger partial charge in [-0.3, -0.25) is 14.4 Å². The number of benzene rings is 2. The molecule has 2 aromatic rings. The van der Waals surface area contributed by atoms with Crippen molar-refractivity contribution in [1.29, 1.82) is 0 Å². The topological polar surface area (TPSA) is 122 Å². The molecule has 2 aromatic carbocycles. The summed E-state index contributed by atoms with van der Waals surface area (Å²) < 4.78 is 71.8. The largest absolute Gasteiger partial charge is 0.449 e. The molecule has 0 bridgehead atoms. The Morgan fingerprint density at radius 1 is 1.14 bits per heavy atom. The number of alkyl halides is 3. The summed E-state index contributed by atoms with van der Waals surface area (Å²) in [6, 6.07) is 7.58. The van der Waals surface area contributed by atoms with Gasteiger partial charge in [-0.1, -0.05) is 18.2 Å². The Labute approximate surface area is 206 Å². The number of urea groups is 1. The fourth-order valence-corrected chi connectivity index (χ4v) is 4.38. The summed E-state index contributed by atoms with van der Waals surface area (Å²) in [6.07, 6.45) is -4.88. The van der Waals surface area contributed by atoms with Crippen LogP contribution in [0.3, 0.4) is 0 Å². The maximum atomic E-state index is 13.3. The molecule has 13 heteroatoms. The van der Waals surface area contributed by atoms with Crippen molar-refractivity contribution in [2.45, 2.75) is 31.0 Å². The smallest absolute Gasteiger partial charge is 0.416 e. The highest BCUT2D eigenvalue weighted by Gasteiger charge is 2.32. The molecule has 0 saturated heterocycles. The zero-order chi connectivity index (χ0) is 27.1. The maximum Gasteiger partial charge on any atom is 0.416 e. The molecule has 0 fully saturated rings. The first-order valence-electron chi connectivity index (χ1n) is 10.5. The van der Waals surface area contributed by atoms with Crippen LogP contribution in [0, 0.1) is 0 Å². The maximum absolute atomic E-state index is 13.3. The van der Waals surface area contributed by atoms with E-state index in [2.05, 4.69) is 11.9 Å². The number of nitrogens with one attached hydrogen (secondary N) is 2. The van der Waals surface area contributed by atoms with Gasteiger partial charge in [0.1, 0.15) is 0 Å². The lowest BCUT2D eigenvalue weighted by Gasteiger charge is -2.24. The fourth-order valence-electron chi connectivity index (χ4n) is 2.91. The number of hydrogen-bond acceptors (Lipinski definition) is 6. The van der Waals surface area contributed by atoms with Crippen molar-refractivity contribution in [2.75, 3.05) is 17.4 Å². The first-order valence-corrected chi connectivity index (χ1v) is 12.0. The normalized spacial score (nSPS) is 12.2. The summed E-state index contributed by atoms with van der Waals surface area (Å²) in [6.45, 7) is 6.22. The van der Waals surface area contributed by atoms with Crippen LogP contribution >= 0.6 is 0 Å². The third-order valence-electron chi connectivity index (χ3n) is 4.64. The summed E-state index contributed by atoms with van der Waals surface area (Å²) in [4.78, 5) is 35.6. The number of sulfonamides is 1. The van der Waals surface area contributed by atoms with Gasteiger partial charge in [-0.25, -0.2) is 18.0 Å². The van der Waals surface area contributed by atoms with Gasteiger partial charge >= 0.3 is 18.2 Å². The van der Waals surface area contributed by atoms with Crippen molar-refractivity contribution in [1.82, 2.24) is 10.6 Å². The van der Waals surface area contributed by atoms with Crippen molar-refractivity contribution >= 4 is 33.6 Å². The molecule has 0 heterocycles. The number of ether oxygens (including phenoxy) is 1. The van der Waals surface area contributed by atoms with Gasteiger partial charge in [0.2, 0.25) is 0 Å². The van der Waals surface area contributed by atoms with E-state index in [-0.39, 0.29) is 24.3 Å². The molecule has 0 aliphatic carbocycles. The number of anilines is 1. The van der Waals surface area contributed by atoms with Crippen molar-refractivity contribution in [2.24, 2.45) is 0 Å². The molecule has 0 aromatic heterocycles. The first-order chi connectivity index (χ1) is 16.8. The van der Waals surface area contributed by atoms with E-state index in [4.69, 9.17) is 4.74 Å². The SMILES string of the molecule is C=CCN(c1cccc(C(F)(F)F)c1)S(=O)(=O)c1cccc(C(=O)OC(C)C(=O)NC(=O)NCC)c1. The molecular weight excluding hydrogens is 503 g/mol. The molecule has 0 aliphatic heterocycles. The molecule has 1 unspecified atom stereocenters. The Hall–Kier alpha value is -3.87. The Balaban J connectivity index is 2.32. The van der Waals surface area contributed by atoms with Gasteiger partial charge in [0, 0.05) is 6.54 Å². The van der Waals surface area contributed by atoms with Gasteiger partial charge in [-0.05, 0) is 50.2 Å². The Morgan fingerprint density at radius 2 is 1.81 bits per heavy atom. The predicted octanol–water partition coefficient (Wildman–Crippen LogP) is 3.48. The Morgan fingerprint density at radius 3 is 2.42 bits per heavy atom. The van der Waals surface area contributed by atoms with E-state index in [1.54, 1.807) is 6.92 Å². The van der Waals surface area contributed by atoms with Crippen molar-refractivity contribution in [3.05, 3.63) is 72.3 Å². The van der Waals surface area contributed by atoms with Gasteiger partial charge in [-0.15, -0.1) is 6.58 Å². The third-order valence-corrected chi connectivity index (χ3v) is 6.43. The lowest BCUT2D eigenvalue weighted by Crippen LogP contribution is -2.44. The average molecular weight is 528 g/mol. The number of halogens is 3. The molecule has 36 heavy (non-hydrogen) atoms. The summed E-state index contributed by atoms with van der Waals surface area (Å²) in [5.74, 6) is -1.96. The molecule has 194 valence electrons. The highest BCUT2D eigenvalue weighted by molar-refractivity contribution is 7.92. The van der Waals surface area contributed by atoms with Crippen LogP contribution in [-0.4, -0.2) is 45.5 Å². The predicted molar refractivity (Wildman–Crippen MR) is 125 cm³/mol. The monoisotopic (exact) mass is 527 g/mol. The molecule has 0 spiro atoms. The van der Waals surface area contributed by atoms with Crippen LogP contribution in [0.15, 0.2) is 66.1 Å². The van der Waals surface area contributed by atoms with E-state index in [9.17, 15) is 36.0 Å². The average Bonchev–Trinajstić information content (AvgIpc) is 2.82. The lowest BCUT2D eigenvalue weighted by atomic mass is 10.2. The first kappa shape index (κ1) is 28.4. The van der Waals surface area contributed by atoms with Crippen LogP contribution in [0.1, 0.15) is 29.8 Å². The van der Waals surface area contributed by atoms with Gasteiger partial charge in [0.05, 0.1) is 28.3 Å². The van der Waals surface area contributed by atoms with Crippen molar-refractivity contribution in [3.63, 3.8) is 0 Å². The number of rotatable bonds is 9. The fraction of sp³-hybridized carbons (Fsp3) is 0.261. The van der Waals surface area contributed by atoms with Crippen LogP contribution in [0.25, 0.3) is 0 Å². The van der Waals surface area contributed by atoms with Crippen molar-refractivity contribution < 1.29 is 40.7 Å². The number of carbonyl (C=O) groups excluding carboxylic acids is 3. The van der Waals surface area contributed by atoms with E-state index in [1.165, 1.54) is 31.2 Å². The zero-order valence-electron chi connectivity index (χ0n) is 19.3. The zero-order valence-corrected chi connectivity index (χ0v) is 20.2. The van der Waals surface area contributed by atoms with Crippen LogP contribution in [-0.2, 0) is 25.7 Å². The molecule has 9 nitrogen and oxygen atoms in total. The van der Waals surface area contributed by atoms with Crippen LogP contribution < -0.4 is 14.9 Å². The second-order valence-corrected chi connectivity index (χ2v) is 9.16. The number of amides is 3. The number of imide groups is 1. The number of hydrogen-bond donors (Lipinski definition) is 2. The number of carbonyl (C=O) groups is 3. The quantitative estimate of drug-likeness (QED) is 0.380. The summed E-state index contributed by atoms with van der Waals surface area (Å²) in [5.41, 5.74) is -1.54. The van der Waals surface area contributed by atoms with E-state index in [1.807, 2.05) is 5.32 Å². The number of nitrogens with zero attached hydrogens (tertiary/aromatic N) is 1. The van der Waals surface area contributed by atoms with E-state index < -0.39 is 50.7 Å². The molecule has 0 saturated carbocycles. The van der Waals surface area contributed by atoms with Crippen LogP contribution in [0.4, 0.5) is 23.7 Å². The minimum atomic E-state index is -4.69. The van der Waals surface area contributed by atoms with Gasteiger partial charge in [-0.2, -0.15) is 13.2 Å². The minimum absolute atomic E-state index is 0.240. The van der Waals surface area contributed by atoms with E-state index in [0.717, 1.165) is 24.3 Å². The molecule has 3 amide bonds. The third kappa shape index (κ3) is 7.07. The molecule has 2 N–H and O–H groups in total. The lowest BCUT2D eigenvalue weighted by molar-refractivity contribution is -0.137. The standard InChI is InChI=1S/C23H24F3N3O6S/c1-4-12-29(18-10-7-9-17(14-18)23(24,25)26)36(33,34)19-11-6-8-16(13-19)21(31)35-15(3)20(30)28-22(32)27-5-2/h4,6-11,13-15H,1,5,12H2,2-3H3,(H2,27,28,30,32).